The zero-order valence-corrected chi connectivity index (χ0v) is 38.0. The van der Waals surface area contributed by atoms with Crippen LogP contribution in [-0.4, -0.2) is 39.7 Å². The summed E-state index contributed by atoms with van der Waals surface area (Å²) in [5.41, 5.74) is 9.20. The van der Waals surface area contributed by atoms with Crippen LogP contribution in [-0.2, 0) is 57.4 Å². The molecule has 0 spiro atoms. The molecule has 0 saturated carbocycles. The molecule has 17 heteroatoms. The number of aromatic nitrogens is 4. The Labute approximate surface area is 346 Å². The van der Waals surface area contributed by atoms with Gasteiger partial charge in [-0.1, -0.05) is 60.7 Å². The fraction of sp³-hybridized carbons (Fsp3) is 0. The minimum absolute atomic E-state index is 0. The van der Waals surface area contributed by atoms with Crippen molar-refractivity contribution in [3.63, 3.8) is 0 Å². The zero-order valence-electron chi connectivity index (χ0n) is 25.7. The van der Waals surface area contributed by atoms with E-state index in [0.717, 1.165) is 22.3 Å². The number of hydrogen-bond donors (Lipinski definition) is 2. The van der Waals surface area contributed by atoms with E-state index >= 15 is 0 Å². The maximum Gasteiger partial charge on any atom is 2.00 e. The van der Waals surface area contributed by atoms with Crippen molar-refractivity contribution in [1.29, 1.82) is 0 Å². The normalized spacial score (nSPS) is 11.2. The number of nitrogens with zero attached hydrogens (tertiary/aromatic N) is 4. The van der Waals surface area contributed by atoms with Crippen molar-refractivity contribution in [2.24, 2.45) is 0 Å². The molecular formula is C34H26BCl4HfN4O4PPt2. The number of carbonyl (C=O) groups is 2. The molecule has 2 aromatic carbocycles. The second-order valence-corrected chi connectivity index (χ2v) is 41.4. The van der Waals surface area contributed by atoms with Gasteiger partial charge in [0.2, 0.25) is 0 Å². The average molecular weight is 1310 g/mol. The first-order valence-electron chi connectivity index (χ1n) is 14.2. The molecule has 2 radical (unpaired) electrons. The molecule has 5 aromatic rings. The number of hydrogen-bond acceptors (Lipinski definition) is 4. The fourth-order valence-corrected chi connectivity index (χ4v) is 5.11. The molecule has 2 aliphatic heterocycles. The van der Waals surface area contributed by atoms with Gasteiger partial charge in [-0.2, -0.15) is 9.12 Å². The third-order valence-electron chi connectivity index (χ3n) is 7.10. The molecule has 7 rings (SSSR count). The van der Waals surface area contributed by atoms with Gasteiger partial charge in [0.15, 0.2) is 0 Å². The summed E-state index contributed by atoms with van der Waals surface area (Å²) in [7, 11) is 26.5. The van der Waals surface area contributed by atoms with Crippen LogP contribution in [0.25, 0.3) is 68.6 Å². The molecule has 2 aliphatic rings. The van der Waals surface area contributed by atoms with Gasteiger partial charge in [-0.15, -0.1) is 22.1 Å². The van der Waals surface area contributed by atoms with Crippen molar-refractivity contribution in [3.05, 3.63) is 119 Å². The van der Waals surface area contributed by atoms with Gasteiger partial charge < -0.3 is 20.2 Å². The van der Waals surface area contributed by atoms with Gasteiger partial charge in [-0.3, -0.25) is 0 Å². The molecule has 5 heterocycles. The first-order chi connectivity index (χ1) is 23.4. The van der Waals surface area contributed by atoms with Crippen LogP contribution in [0, 0.1) is 0 Å². The Hall–Kier alpha value is -2.12. The Morgan fingerprint density at radius 3 is 1.27 bits per heavy atom. The topological polar surface area (TPSA) is 129 Å². The summed E-state index contributed by atoms with van der Waals surface area (Å²) in [6, 6.07) is 24.8. The standard InChI is InChI=1S/C34H22N4O4.BH2P.4ClH.Hf.2Pt.2H2/c39-33(40)21-5-1-19(2-6-21)31-27-13-9-23(35-27)17-25-11-15-29(37-25)32(20-3-7-22(8-4-20)34(41)42)30-16-12-26(38-30)18-24-10-14-28(31)36-24;1-2;;;;;;;;;/h1-18H,(H4,35,36,37,38,39,40,41,42);2H2;4*1H;;;;2*1H/q;;;;;;+4;;+2;;/p-6. The van der Waals surface area contributed by atoms with Crippen molar-refractivity contribution in [2.45, 2.75) is 0 Å². The van der Waals surface area contributed by atoms with Crippen molar-refractivity contribution in [3.8, 4) is 22.3 Å². The van der Waals surface area contributed by atoms with Gasteiger partial charge in [0.25, 0.3) is 0 Å². The average Bonchev–Trinajstić information content (AvgIpc) is 3.89. The maximum absolute atomic E-state index is 11.4. The van der Waals surface area contributed by atoms with Gasteiger partial charge in [0.1, 0.15) is 0 Å². The van der Waals surface area contributed by atoms with Gasteiger partial charge in [0.05, 0.1) is 41.5 Å². The molecule has 8 bridgehead atoms. The second kappa shape index (κ2) is 19.3. The number of halogens is 4. The van der Waals surface area contributed by atoms with Gasteiger partial charge in [0, 0.05) is 23.9 Å². The molecule has 0 fully saturated rings. The number of carboxylic acid groups (broad SMARTS) is 2. The van der Waals surface area contributed by atoms with Crippen LogP contribution in [0.1, 0.15) is 46.3 Å². The first-order valence-corrected chi connectivity index (χ1v) is 32.6. The largest absolute Gasteiger partial charge is 2.00 e. The third-order valence-corrected chi connectivity index (χ3v) is 7.10. The number of carboxylic acids is 2. The van der Waals surface area contributed by atoms with E-state index in [1.165, 1.54) is 0 Å². The van der Waals surface area contributed by atoms with E-state index < -0.39 is 27.2 Å². The smallest absolute Gasteiger partial charge is 0 e. The fourth-order valence-electron chi connectivity index (χ4n) is 5.11. The van der Waals surface area contributed by atoms with E-state index in [0.29, 0.717) is 44.8 Å². The van der Waals surface area contributed by atoms with Crippen molar-refractivity contribution < 1.29 is 80.0 Å². The monoisotopic (exact) mass is 1310 g/mol. The molecule has 8 nitrogen and oxygen atoms in total. The first kappa shape index (κ1) is 43.3. The summed E-state index contributed by atoms with van der Waals surface area (Å²) in [6.07, 6.45) is 7.64. The Bertz CT molecular complexity index is 2130. The van der Waals surface area contributed by atoms with E-state index in [9.17, 15) is 19.8 Å². The van der Waals surface area contributed by atoms with E-state index in [2.05, 4.69) is 7.57 Å². The van der Waals surface area contributed by atoms with Gasteiger partial charge in [-0.25, -0.2) is 19.6 Å². The van der Waals surface area contributed by atoms with Gasteiger partial charge in [-0.05, 0) is 70.8 Å². The van der Waals surface area contributed by atoms with Crippen LogP contribution in [0.2, 0.25) is 0 Å². The van der Waals surface area contributed by atoms with Crippen LogP contribution in [0.3, 0.4) is 0 Å². The SMILES string of the molecule is O=C(O)c1ccc(-c2c3nc(cc4ccc([n-]4)c(-c4ccc(C(=O)O)cc4)c4nc(cc5ccc2[n-]5)C=C4)C=C3)cc1.[B]P.[Cl][Hf]([Cl])([Cl])[Cl].[HH].[HH].[Pt+2].[Pt]. The zero-order chi connectivity index (χ0) is 35.3. The maximum atomic E-state index is 11.4. The quantitative estimate of drug-likeness (QED) is 0.132. The predicted octanol–water partition coefficient (Wildman–Crippen LogP) is 9.83. The molecule has 0 amide bonds. The second-order valence-electron chi connectivity index (χ2n) is 10.3. The molecule has 1 atom stereocenters. The van der Waals surface area contributed by atoms with Crippen LogP contribution >= 0.6 is 43.4 Å². The third kappa shape index (κ3) is 11.4. The number of fused-ring (bicyclic) bond motifs is 8. The molecule has 2 N–H and O–H groups in total. The van der Waals surface area contributed by atoms with E-state index in [1.807, 2.05) is 69.8 Å². The minimum atomic E-state index is -3.39. The molecule has 0 saturated heterocycles. The summed E-state index contributed by atoms with van der Waals surface area (Å²) in [5, 5.41) is 18.7. The van der Waals surface area contributed by atoms with Crippen LogP contribution in [0.5, 0.6) is 0 Å². The molecule has 3 aromatic heterocycles. The van der Waals surface area contributed by atoms with E-state index in [4.69, 9.17) is 54.2 Å². The predicted molar refractivity (Wildman–Crippen MR) is 205 cm³/mol. The molecule has 266 valence electrons. The van der Waals surface area contributed by atoms with E-state index in [-0.39, 0.29) is 56.1 Å². The van der Waals surface area contributed by atoms with Crippen molar-refractivity contribution in [2.75, 3.05) is 0 Å². The Morgan fingerprint density at radius 2 is 0.961 bits per heavy atom. The van der Waals surface area contributed by atoms with Gasteiger partial charge >= 0.3 is 82.5 Å². The number of aromatic carboxylic acids is 2. The summed E-state index contributed by atoms with van der Waals surface area (Å²) in [4.78, 5) is 42.3. The Morgan fingerprint density at radius 1 is 0.627 bits per heavy atom. The molecule has 51 heavy (non-hydrogen) atoms. The summed E-state index contributed by atoms with van der Waals surface area (Å²) in [5.74, 6) is -1.98. The Balaban J connectivity index is 0.00000118. The summed E-state index contributed by atoms with van der Waals surface area (Å²) in [6.45, 7) is 0. The van der Waals surface area contributed by atoms with Crippen LogP contribution in [0.4, 0.5) is 0 Å². The number of benzene rings is 2. The van der Waals surface area contributed by atoms with E-state index in [1.54, 1.807) is 48.5 Å². The minimum Gasteiger partial charge on any atom is 0 e. The molecular weight excluding hydrogens is 1280 g/mol. The van der Waals surface area contributed by atoms with Crippen molar-refractivity contribution in [1.82, 2.24) is 19.9 Å². The van der Waals surface area contributed by atoms with Crippen LogP contribution < -0.4 is 9.97 Å². The van der Waals surface area contributed by atoms with Crippen molar-refractivity contribution >= 4 is 109 Å². The Kier molecular flexibility index (Phi) is 16.4. The summed E-state index contributed by atoms with van der Waals surface area (Å²) >= 11 is -3.39. The molecule has 1 unspecified atom stereocenters. The number of rotatable bonds is 4. The molecule has 0 aliphatic carbocycles. The summed E-state index contributed by atoms with van der Waals surface area (Å²) < 4.78 is 0. The van der Waals surface area contributed by atoms with Crippen LogP contribution in [0.15, 0.2) is 84.9 Å².